The summed E-state index contributed by atoms with van der Waals surface area (Å²) in [7, 11) is 0. The van der Waals surface area contributed by atoms with Crippen LogP contribution in [0.15, 0.2) is 370 Å². The zero-order valence-electron chi connectivity index (χ0n) is 63.0. The molecule has 25 rings (SSSR count). The first-order valence-corrected chi connectivity index (χ1v) is 39.6. The van der Waals surface area contributed by atoms with Gasteiger partial charge in [0.15, 0.2) is 0 Å². The predicted octanol–water partition coefficient (Wildman–Crippen LogP) is 27.5. The van der Waals surface area contributed by atoms with Crippen LogP contribution in [0.25, 0.3) is 187 Å². The molecule has 0 saturated heterocycles. The van der Waals surface area contributed by atoms with Gasteiger partial charge in [-0.3, -0.25) is 0 Å². The van der Waals surface area contributed by atoms with E-state index in [1.54, 1.807) is 0 Å². The third kappa shape index (κ3) is 9.32. The largest absolute Gasteiger partial charge is 0.456 e. The molecule has 0 atom stereocenters. The number of anilines is 6. The highest BCUT2D eigenvalue weighted by Crippen LogP contribution is 2.55. The Hall–Kier alpha value is -14.8. The van der Waals surface area contributed by atoms with Crippen molar-refractivity contribution in [2.24, 2.45) is 0 Å². The van der Waals surface area contributed by atoms with Crippen LogP contribution in [0.2, 0.25) is 0 Å². The molecule has 0 N–H and O–H groups in total. The van der Waals surface area contributed by atoms with Gasteiger partial charge in [0.05, 0.1) is 33.4 Å². The first-order chi connectivity index (χ1) is 56.7. The summed E-state index contributed by atoms with van der Waals surface area (Å²) in [5.74, 6) is 0. The molecule has 23 aromatic rings. The number of furan rings is 4. The molecule has 17 aromatic carbocycles. The Labute approximate surface area is 660 Å². The number of fused-ring (bicyclic) bond motifs is 22. The van der Waals surface area contributed by atoms with Crippen molar-refractivity contribution in [3.8, 4) is 55.9 Å². The van der Waals surface area contributed by atoms with Gasteiger partial charge >= 0.3 is 0 Å². The molecule has 0 saturated carbocycles. The SMILES string of the molecule is CC(C)(C)c1cc2c3c(c1)N(c1cc4c(cc1-c1cccc5c1oc1ccccc15)oc1ccccc14)c1cc(-c4ccc(-n5c6ccccc6c6ccccc65)cc4)ccc1B3c1ccc(-c3ccc(-n4c5ccccc5c5ccccc54)cc3)cc1N2c1cc2c(cc1-c1cccc3c1oc1ccccc13)oc1ccccc12. The average molecular weight is 1470 g/mol. The second kappa shape index (κ2) is 23.9. The zero-order chi connectivity index (χ0) is 75.6. The van der Waals surface area contributed by atoms with Crippen LogP contribution < -0.4 is 26.2 Å². The van der Waals surface area contributed by atoms with Crippen molar-refractivity contribution < 1.29 is 17.7 Å². The van der Waals surface area contributed by atoms with Crippen LogP contribution in [0.5, 0.6) is 0 Å². The van der Waals surface area contributed by atoms with E-state index in [0.29, 0.717) is 0 Å². The number of para-hydroxylation sites is 10. The van der Waals surface area contributed by atoms with E-state index in [0.717, 1.165) is 178 Å². The maximum absolute atomic E-state index is 7.15. The summed E-state index contributed by atoms with van der Waals surface area (Å²) in [5, 5.41) is 13.2. The van der Waals surface area contributed by atoms with Gasteiger partial charge in [-0.05, 0) is 171 Å². The van der Waals surface area contributed by atoms with Gasteiger partial charge in [0.25, 0.3) is 6.71 Å². The second-order valence-corrected chi connectivity index (χ2v) is 32.2. The molecule has 2 aliphatic rings. The zero-order valence-corrected chi connectivity index (χ0v) is 63.0. The van der Waals surface area contributed by atoms with Gasteiger partial charge in [-0.1, -0.05) is 251 Å². The molecule has 6 aromatic heterocycles. The highest BCUT2D eigenvalue weighted by molar-refractivity contribution is 7.00. The lowest BCUT2D eigenvalue weighted by Crippen LogP contribution is -2.61. The molecule has 0 bridgehead atoms. The predicted molar refractivity (Wildman–Crippen MR) is 479 cm³/mol. The van der Waals surface area contributed by atoms with E-state index in [4.69, 9.17) is 17.7 Å². The lowest BCUT2D eigenvalue weighted by Gasteiger charge is -2.46. The van der Waals surface area contributed by atoms with E-state index in [1.807, 2.05) is 0 Å². The fraction of sp³-hybridized carbons (Fsp3) is 0.0377. The van der Waals surface area contributed by atoms with Gasteiger partial charge in [0.1, 0.15) is 44.7 Å². The Morgan fingerprint density at radius 1 is 0.235 bits per heavy atom. The number of benzene rings is 17. The van der Waals surface area contributed by atoms with Crippen LogP contribution >= 0.6 is 0 Å². The van der Waals surface area contributed by atoms with Crippen LogP contribution in [0.1, 0.15) is 26.3 Å². The number of rotatable bonds is 8. The third-order valence-corrected chi connectivity index (χ3v) is 24.9. The molecule has 9 heteroatoms. The summed E-state index contributed by atoms with van der Waals surface area (Å²) < 4.78 is 33.1. The van der Waals surface area contributed by atoms with Crippen LogP contribution in [-0.2, 0) is 5.41 Å². The van der Waals surface area contributed by atoms with E-state index < -0.39 is 0 Å². The molecule has 0 fully saturated rings. The number of hydrogen-bond donors (Lipinski definition) is 0. The van der Waals surface area contributed by atoms with E-state index in [-0.39, 0.29) is 12.1 Å². The Bertz CT molecular complexity index is 7550. The van der Waals surface area contributed by atoms with Crippen molar-refractivity contribution >= 4 is 189 Å². The quantitative estimate of drug-likeness (QED) is 0.141. The van der Waals surface area contributed by atoms with Crippen LogP contribution in [0, 0.1) is 0 Å². The normalized spacial score (nSPS) is 12.9. The van der Waals surface area contributed by atoms with Crippen molar-refractivity contribution in [2.75, 3.05) is 9.80 Å². The number of nitrogens with zero attached hydrogens (tertiary/aromatic N) is 4. The highest BCUT2D eigenvalue weighted by Gasteiger charge is 2.46. The fourth-order valence-electron chi connectivity index (χ4n) is 19.5. The topological polar surface area (TPSA) is 68.9 Å². The summed E-state index contributed by atoms with van der Waals surface area (Å²) in [6.07, 6.45) is 0. The van der Waals surface area contributed by atoms with Gasteiger partial charge in [0.2, 0.25) is 0 Å². The third-order valence-electron chi connectivity index (χ3n) is 24.9. The maximum atomic E-state index is 7.15. The van der Waals surface area contributed by atoms with E-state index in [1.165, 1.54) is 65.6 Å². The lowest BCUT2D eigenvalue weighted by molar-refractivity contribution is 0.590. The summed E-state index contributed by atoms with van der Waals surface area (Å²) in [4.78, 5) is 5.24. The second-order valence-electron chi connectivity index (χ2n) is 32.2. The first-order valence-electron chi connectivity index (χ1n) is 39.6. The number of hydrogen-bond acceptors (Lipinski definition) is 6. The van der Waals surface area contributed by atoms with Gasteiger partial charge in [0, 0.05) is 121 Å². The van der Waals surface area contributed by atoms with Gasteiger partial charge in [-0.15, -0.1) is 0 Å². The van der Waals surface area contributed by atoms with Gasteiger partial charge < -0.3 is 36.6 Å². The molecule has 0 amide bonds. The van der Waals surface area contributed by atoms with E-state index in [2.05, 4.69) is 392 Å². The molecule has 2 aliphatic heterocycles. The van der Waals surface area contributed by atoms with Gasteiger partial charge in [-0.25, -0.2) is 0 Å². The first kappa shape index (κ1) is 63.9. The average Bonchev–Trinajstić information content (AvgIpc) is 1.55. The van der Waals surface area contributed by atoms with Crippen LogP contribution in [-0.4, -0.2) is 15.8 Å². The minimum absolute atomic E-state index is 0.295. The smallest absolute Gasteiger partial charge is 0.252 e. The monoisotopic (exact) mass is 1470 g/mol. The van der Waals surface area contributed by atoms with Crippen molar-refractivity contribution in [3.05, 3.63) is 357 Å². The molecule has 8 heterocycles. The Morgan fingerprint density at radius 2 is 0.565 bits per heavy atom. The Balaban J connectivity index is 0.786. The van der Waals surface area contributed by atoms with E-state index >= 15 is 0 Å². The maximum Gasteiger partial charge on any atom is 0.252 e. The molecule has 8 nitrogen and oxygen atoms in total. The van der Waals surface area contributed by atoms with Crippen molar-refractivity contribution in [2.45, 2.75) is 26.2 Å². The summed E-state index contributed by atoms with van der Waals surface area (Å²) in [6, 6.07) is 129. The molecule has 0 aliphatic carbocycles. The molecule has 538 valence electrons. The summed E-state index contributed by atoms with van der Waals surface area (Å²) in [6.45, 7) is 6.78. The molecule has 0 spiro atoms. The molecule has 0 unspecified atom stereocenters. The highest BCUT2D eigenvalue weighted by atomic mass is 16.3. The number of aromatic nitrogens is 2. The van der Waals surface area contributed by atoms with E-state index in [9.17, 15) is 0 Å². The van der Waals surface area contributed by atoms with Crippen molar-refractivity contribution in [1.82, 2.24) is 9.13 Å². The van der Waals surface area contributed by atoms with Crippen LogP contribution in [0.3, 0.4) is 0 Å². The van der Waals surface area contributed by atoms with Gasteiger partial charge in [-0.2, -0.15) is 0 Å². The summed E-state index contributed by atoms with van der Waals surface area (Å²) >= 11 is 0. The van der Waals surface area contributed by atoms with Crippen LogP contribution in [0.4, 0.5) is 34.1 Å². The molecular formula is C106H67BN4O4. The fourth-order valence-corrected chi connectivity index (χ4v) is 19.5. The van der Waals surface area contributed by atoms with Crippen molar-refractivity contribution in [1.29, 1.82) is 0 Å². The molecular weight excluding hydrogens is 1400 g/mol. The molecule has 115 heavy (non-hydrogen) atoms. The molecule has 0 radical (unpaired) electrons. The Kier molecular flexibility index (Phi) is 13.3. The minimum atomic E-state index is -0.389. The minimum Gasteiger partial charge on any atom is -0.456 e. The van der Waals surface area contributed by atoms with Crippen molar-refractivity contribution in [3.63, 3.8) is 0 Å². The summed E-state index contributed by atoms with van der Waals surface area (Å²) in [5.41, 5.74) is 32.2. The lowest BCUT2D eigenvalue weighted by atomic mass is 9.33. The standard InChI is InChI=1S/C106H67BN4O4/c1-106(2,3)66-56-95-103-96(57-66)111(92-59-84-76-29-11-17-39-98(76)113-102(84)61-82(92)80-33-21-31-78-74-27-9-19-41-100(74)115-105(78)80)94-55-65(63-44-50-68(51-45-63)109-89-36-14-6-24-71(89)72-25-7-15-37-90(72)109)47-53-86(94)107(103)85-52-46-64(62-42-48-67(49-43-62)108-87-34-12-4-22-69(87)70-23-5-13-35-88(70)108)54-93(85)110(95)91-58-83-75-28-10-16-38-97(75)112-101(83)60-81(91)79-32-20-30-77-73-26-8-18-40-99(73)114-104(77)79/h4-61H,1-3H3. The Morgan fingerprint density at radius 3 is 0.948 bits per heavy atom.